The molecule has 1 aromatic rings. The van der Waals surface area contributed by atoms with Crippen molar-refractivity contribution in [1.29, 1.82) is 0 Å². The van der Waals surface area contributed by atoms with Crippen LogP contribution in [0.2, 0.25) is 0 Å². The lowest BCUT2D eigenvalue weighted by atomic mass is 9.95. The zero-order valence-electron chi connectivity index (χ0n) is 14.8. The molecule has 0 fully saturated rings. The second-order valence-corrected chi connectivity index (χ2v) is 6.85. The number of aliphatic carboxylic acids is 1. The number of carbonyl (C=O) groups excluding carboxylic acids is 2. The van der Waals surface area contributed by atoms with E-state index in [1.165, 1.54) is 4.90 Å². The number of nitrogens with zero attached hydrogens (tertiary/aromatic N) is 1. The lowest BCUT2D eigenvalue weighted by Crippen LogP contribution is -2.34. The van der Waals surface area contributed by atoms with Gasteiger partial charge in [-0.1, -0.05) is 32.9 Å². The topological polar surface area (TPSA) is 86.7 Å². The number of hydrogen-bond donors (Lipinski definition) is 2. The Morgan fingerprint density at radius 3 is 2.21 bits per heavy atom. The summed E-state index contributed by atoms with van der Waals surface area (Å²) >= 11 is 0. The maximum Gasteiger partial charge on any atom is 0.303 e. The first kappa shape index (κ1) is 19.7. The van der Waals surface area contributed by atoms with Crippen LogP contribution in [0.1, 0.15) is 49.5 Å². The molecule has 0 bridgehead atoms. The predicted molar refractivity (Wildman–Crippen MR) is 91.6 cm³/mol. The molecule has 2 amide bonds. The Labute approximate surface area is 142 Å². The molecule has 0 saturated carbocycles. The van der Waals surface area contributed by atoms with Gasteiger partial charge in [0.2, 0.25) is 5.91 Å². The van der Waals surface area contributed by atoms with Crippen LogP contribution in [0.15, 0.2) is 24.3 Å². The smallest absolute Gasteiger partial charge is 0.303 e. The van der Waals surface area contributed by atoms with Crippen molar-refractivity contribution in [3.8, 4) is 0 Å². The van der Waals surface area contributed by atoms with Crippen molar-refractivity contribution in [2.24, 2.45) is 5.41 Å². The van der Waals surface area contributed by atoms with Crippen LogP contribution < -0.4 is 5.32 Å². The molecule has 24 heavy (non-hydrogen) atoms. The molecular formula is C18H26N2O4. The molecule has 0 aliphatic heterocycles. The van der Waals surface area contributed by atoms with Gasteiger partial charge in [0.25, 0.3) is 5.91 Å². The van der Waals surface area contributed by atoms with Gasteiger partial charge in [-0.2, -0.15) is 0 Å². The molecular weight excluding hydrogens is 308 g/mol. The average molecular weight is 334 g/mol. The summed E-state index contributed by atoms with van der Waals surface area (Å²) in [7, 11) is 1.65. The SMILES string of the molecule is CN(CCCC(=O)O)C(=O)c1ccc(CNC(=O)C(C)(C)C)cc1. The van der Waals surface area contributed by atoms with Crippen LogP contribution in [0.25, 0.3) is 0 Å². The van der Waals surface area contributed by atoms with Crippen molar-refractivity contribution in [2.75, 3.05) is 13.6 Å². The van der Waals surface area contributed by atoms with E-state index in [0.717, 1.165) is 5.56 Å². The quantitative estimate of drug-likeness (QED) is 0.801. The van der Waals surface area contributed by atoms with E-state index in [1.54, 1.807) is 31.3 Å². The summed E-state index contributed by atoms with van der Waals surface area (Å²) in [6, 6.07) is 7.05. The number of rotatable bonds is 7. The van der Waals surface area contributed by atoms with E-state index in [2.05, 4.69) is 5.32 Å². The van der Waals surface area contributed by atoms with Gasteiger partial charge in [-0.25, -0.2) is 0 Å². The summed E-state index contributed by atoms with van der Waals surface area (Å²) in [4.78, 5) is 36.1. The van der Waals surface area contributed by atoms with Crippen molar-refractivity contribution in [3.05, 3.63) is 35.4 Å². The van der Waals surface area contributed by atoms with Crippen molar-refractivity contribution >= 4 is 17.8 Å². The van der Waals surface area contributed by atoms with Crippen LogP contribution in [0.5, 0.6) is 0 Å². The first-order chi connectivity index (χ1) is 11.1. The Morgan fingerprint density at radius 1 is 1.12 bits per heavy atom. The number of amides is 2. The maximum atomic E-state index is 12.2. The minimum absolute atomic E-state index is 0.0270. The molecule has 0 atom stereocenters. The maximum absolute atomic E-state index is 12.2. The van der Waals surface area contributed by atoms with E-state index in [-0.39, 0.29) is 18.2 Å². The Bertz CT molecular complexity index is 588. The molecule has 0 aromatic heterocycles. The monoisotopic (exact) mass is 334 g/mol. The van der Waals surface area contributed by atoms with Gasteiger partial charge < -0.3 is 15.3 Å². The van der Waals surface area contributed by atoms with Crippen LogP contribution >= 0.6 is 0 Å². The summed E-state index contributed by atoms with van der Waals surface area (Å²) in [5.74, 6) is -1.04. The van der Waals surface area contributed by atoms with Crippen LogP contribution in [0, 0.1) is 5.41 Å². The number of nitrogens with one attached hydrogen (secondary N) is 1. The molecule has 132 valence electrons. The van der Waals surface area contributed by atoms with Gasteiger partial charge in [0.1, 0.15) is 0 Å². The van der Waals surface area contributed by atoms with E-state index in [1.807, 2.05) is 20.8 Å². The molecule has 0 aliphatic carbocycles. The van der Waals surface area contributed by atoms with E-state index < -0.39 is 11.4 Å². The highest BCUT2D eigenvalue weighted by Gasteiger charge is 2.20. The lowest BCUT2D eigenvalue weighted by Gasteiger charge is -2.18. The van der Waals surface area contributed by atoms with Gasteiger partial charge in [-0.3, -0.25) is 14.4 Å². The highest BCUT2D eigenvalue weighted by Crippen LogP contribution is 2.13. The Morgan fingerprint density at radius 2 is 1.71 bits per heavy atom. The third-order valence-corrected chi connectivity index (χ3v) is 3.57. The summed E-state index contributed by atoms with van der Waals surface area (Å²) in [5.41, 5.74) is 1.02. The number of benzene rings is 1. The third kappa shape index (κ3) is 6.40. The fraction of sp³-hybridized carbons (Fsp3) is 0.500. The van der Waals surface area contributed by atoms with Gasteiger partial charge in [0.15, 0.2) is 0 Å². The highest BCUT2D eigenvalue weighted by molar-refractivity contribution is 5.94. The predicted octanol–water partition coefficient (Wildman–Crippen LogP) is 2.29. The van der Waals surface area contributed by atoms with Crippen LogP contribution in [-0.2, 0) is 16.1 Å². The summed E-state index contributed by atoms with van der Waals surface area (Å²) in [6.45, 7) is 6.37. The first-order valence-corrected chi connectivity index (χ1v) is 7.96. The van der Waals surface area contributed by atoms with Crippen LogP contribution in [0.3, 0.4) is 0 Å². The minimum Gasteiger partial charge on any atom is -0.481 e. The minimum atomic E-state index is -0.863. The van der Waals surface area contributed by atoms with Crippen LogP contribution in [-0.4, -0.2) is 41.4 Å². The van der Waals surface area contributed by atoms with Crippen molar-refractivity contribution < 1.29 is 19.5 Å². The van der Waals surface area contributed by atoms with E-state index in [4.69, 9.17) is 5.11 Å². The van der Waals surface area contributed by atoms with Crippen molar-refractivity contribution in [2.45, 2.75) is 40.2 Å². The van der Waals surface area contributed by atoms with Crippen molar-refractivity contribution in [3.63, 3.8) is 0 Å². The van der Waals surface area contributed by atoms with Gasteiger partial charge >= 0.3 is 5.97 Å². The largest absolute Gasteiger partial charge is 0.481 e. The molecule has 0 heterocycles. The Kier molecular flexibility index (Phi) is 6.95. The zero-order valence-corrected chi connectivity index (χ0v) is 14.8. The molecule has 1 aromatic carbocycles. The first-order valence-electron chi connectivity index (χ1n) is 7.96. The zero-order chi connectivity index (χ0) is 18.3. The number of carboxylic acid groups (broad SMARTS) is 1. The Hall–Kier alpha value is -2.37. The summed E-state index contributed by atoms with van der Waals surface area (Å²) < 4.78 is 0. The Balaban J connectivity index is 2.55. The molecule has 0 spiro atoms. The average Bonchev–Trinajstić information content (AvgIpc) is 2.51. The fourth-order valence-corrected chi connectivity index (χ4v) is 2.00. The summed E-state index contributed by atoms with van der Waals surface area (Å²) in [5, 5.41) is 11.5. The van der Waals surface area contributed by atoms with Crippen LogP contribution in [0.4, 0.5) is 0 Å². The number of carboxylic acids is 1. The molecule has 6 heteroatoms. The molecule has 2 N–H and O–H groups in total. The second kappa shape index (κ2) is 8.47. The normalized spacial score (nSPS) is 11.0. The fourth-order valence-electron chi connectivity index (χ4n) is 2.00. The van der Waals surface area contributed by atoms with Gasteiger partial charge in [-0.05, 0) is 24.1 Å². The van der Waals surface area contributed by atoms with Gasteiger partial charge in [0, 0.05) is 37.5 Å². The number of carbonyl (C=O) groups is 3. The second-order valence-electron chi connectivity index (χ2n) is 6.85. The van der Waals surface area contributed by atoms with Gasteiger partial charge in [0.05, 0.1) is 0 Å². The molecule has 0 unspecified atom stereocenters. The van der Waals surface area contributed by atoms with E-state index >= 15 is 0 Å². The molecule has 0 radical (unpaired) electrons. The molecule has 0 saturated heterocycles. The van der Waals surface area contributed by atoms with E-state index in [9.17, 15) is 14.4 Å². The summed E-state index contributed by atoms with van der Waals surface area (Å²) in [6.07, 6.45) is 0.471. The highest BCUT2D eigenvalue weighted by atomic mass is 16.4. The third-order valence-electron chi connectivity index (χ3n) is 3.57. The standard InChI is InChI=1S/C18H26N2O4/c1-18(2,3)17(24)19-12-13-7-9-14(10-8-13)16(23)20(4)11-5-6-15(21)22/h7-10H,5-6,11-12H2,1-4H3,(H,19,24)(H,21,22). The van der Waals surface area contributed by atoms with E-state index in [0.29, 0.717) is 25.1 Å². The molecule has 6 nitrogen and oxygen atoms in total. The molecule has 1 rings (SSSR count). The van der Waals surface area contributed by atoms with Crippen molar-refractivity contribution in [1.82, 2.24) is 10.2 Å². The van der Waals surface area contributed by atoms with Gasteiger partial charge in [-0.15, -0.1) is 0 Å². The molecule has 0 aliphatic rings. The lowest BCUT2D eigenvalue weighted by molar-refractivity contribution is -0.137. The number of hydrogen-bond acceptors (Lipinski definition) is 3.